The maximum atomic E-state index is 11.1. The van der Waals surface area contributed by atoms with Crippen LogP contribution < -0.4 is 0 Å². The fourth-order valence-electron chi connectivity index (χ4n) is 6.73. The van der Waals surface area contributed by atoms with Gasteiger partial charge in [0.05, 0.1) is 17.3 Å². The molecule has 0 radical (unpaired) electrons. The topological polar surface area (TPSA) is 49.7 Å². The summed E-state index contributed by atoms with van der Waals surface area (Å²) in [4.78, 5) is 0. The third kappa shape index (κ3) is 2.42. The van der Waals surface area contributed by atoms with Gasteiger partial charge < -0.3 is 14.9 Å². The zero-order valence-corrected chi connectivity index (χ0v) is 15.3. The molecule has 3 nitrogen and oxygen atoms in total. The molecule has 1 saturated heterocycles. The van der Waals surface area contributed by atoms with E-state index in [9.17, 15) is 10.2 Å². The zero-order valence-electron chi connectivity index (χ0n) is 15.3. The predicted molar refractivity (Wildman–Crippen MR) is 92.1 cm³/mol. The summed E-state index contributed by atoms with van der Waals surface area (Å²) in [5.41, 5.74) is -0.736. The number of aliphatic hydroxyl groups is 2. The molecule has 3 heteroatoms. The van der Waals surface area contributed by atoms with Crippen LogP contribution in [0.25, 0.3) is 0 Å². The van der Waals surface area contributed by atoms with Gasteiger partial charge in [0.1, 0.15) is 0 Å². The van der Waals surface area contributed by atoms with E-state index in [4.69, 9.17) is 4.74 Å². The molecule has 2 saturated carbocycles. The molecule has 0 aromatic heterocycles. The third-order valence-electron chi connectivity index (χ3n) is 7.65. The monoisotopic (exact) mass is 322 g/mol. The van der Waals surface area contributed by atoms with E-state index in [0.29, 0.717) is 12.3 Å². The van der Waals surface area contributed by atoms with Crippen molar-refractivity contribution in [1.82, 2.24) is 0 Å². The average Bonchev–Trinajstić information content (AvgIpc) is 2.45. The van der Waals surface area contributed by atoms with Crippen molar-refractivity contribution in [1.29, 1.82) is 0 Å². The highest BCUT2D eigenvalue weighted by atomic mass is 16.5. The summed E-state index contributed by atoms with van der Waals surface area (Å²) < 4.78 is 6.56. The number of fused-ring (bicyclic) bond motifs is 3. The average molecular weight is 322 g/mol. The molecule has 0 bridgehead atoms. The first-order valence-electron chi connectivity index (χ1n) is 9.25. The molecule has 2 N–H and O–H groups in total. The number of aliphatic hydroxyl groups excluding tert-OH is 2. The molecule has 23 heavy (non-hydrogen) atoms. The molecule has 0 amide bonds. The van der Waals surface area contributed by atoms with Crippen LogP contribution in [0.2, 0.25) is 0 Å². The number of rotatable bonds is 2. The Bertz CT molecular complexity index is 491. The van der Waals surface area contributed by atoms with Crippen LogP contribution >= 0.6 is 0 Å². The summed E-state index contributed by atoms with van der Waals surface area (Å²) in [6.07, 6.45) is 7.54. The van der Waals surface area contributed by atoms with Gasteiger partial charge in [-0.1, -0.05) is 26.3 Å². The first-order chi connectivity index (χ1) is 10.6. The quantitative estimate of drug-likeness (QED) is 0.762. The standard InChI is InChI=1S/C20H34O3/c1-6-18(3)11-8-15-19(4)10-7-9-17(2,13-21)16(19)14(22)12-20(15,5)23-18/h6,14-16,21-22H,1,7-13H2,2-5H3/t14-,15-,16+,17-,18-,19+,20+/m1/s1. The Morgan fingerprint density at radius 2 is 1.87 bits per heavy atom. The Balaban J connectivity index is 2.01. The van der Waals surface area contributed by atoms with Crippen LogP contribution in [0.3, 0.4) is 0 Å². The second-order valence-electron chi connectivity index (χ2n) is 9.44. The number of ether oxygens (including phenoxy) is 1. The van der Waals surface area contributed by atoms with Crippen LogP contribution in [0.15, 0.2) is 12.7 Å². The van der Waals surface area contributed by atoms with Gasteiger partial charge in [-0.3, -0.25) is 0 Å². The maximum absolute atomic E-state index is 11.1. The molecular weight excluding hydrogens is 288 g/mol. The Hall–Kier alpha value is -0.380. The molecule has 0 aromatic carbocycles. The van der Waals surface area contributed by atoms with E-state index in [-0.39, 0.29) is 34.6 Å². The van der Waals surface area contributed by atoms with Crippen LogP contribution in [-0.4, -0.2) is 34.1 Å². The molecule has 1 heterocycles. The Kier molecular flexibility index (Phi) is 4.02. The van der Waals surface area contributed by atoms with E-state index in [1.807, 2.05) is 6.08 Å². The highest BCUT2D eigenvalue weighted by Gasteiger charge is 2.64. The molecular formula is C20H34O3. The fraction of sp³-hybridized carbons (Fsp3) is 0.900. The predicted octanol–water partition coefficient (Wildman–Crippen LogP) is 3.69. The van der Waals surface area contributed by atoms with Crippen LogP contribution in [-0.2, 0) is 4.74 Å². The van der Waals surface area contributed by atoms with Crippen molar-refractivity contribution in [2.75, 3.05) is 6.61 Å². The molecule has 3 aliphatic rings. The Morgan fingerprint density at radius 1 is 1.17 bits per heavy atom. The molecule has 132 valence electrons. The molecule has 0 aromatic rings. The van der Waals surface area contributed by atoms with Crippen molar-refractivity contribution in [3.8, 4) is 0 Å². The largest absolute Gasteiger partial charge is 0.396 e. The second-order valence-corrected chi connectivity index (χ2v) is 9.44. The van der Waals surface area contributed by atoms with Gasteiger partial charge in [-0.15, -0.1) is 6.58 Å². The van der Waals surface area contributed by atoms with Gasteiger partial charge in [0, 0.05) is 13.0 Å². The molecule has 2 aliphatic carbocycles. The van der Waals surface area contributed by atoms with Crippen molar-refractivity contribution in [2.45, 2.75) is 83.5 Å². The summed E-state index contributed by atoms with van der Waals surface area (Å²) >= 11 is 0. The first kappa shape index (κ1) is 17.4. The number of hydrogen-bond donors (Lipinski definition) is 2. The van der Waals surface area contributed by atoms with E-state index in [0.717, 1.165) is 32.1 Å². The van der Waals surface area contributed by atoms with Gasteiger partial charge in [0.25, 0.3) is 0 Å². The smallest absolute Gasteiger partial charge is 0.0839 e. The minimum atomic E-state index is -0.411. The summed E-state index contributed by atoms with van der Waals surface area (Å²) in [6.45, 7) is 12.9. The molecule has 7 atom stereocenters. The van der Waals surface area contributed by atoms with Crippen molar-refractivity contribution >= 4 is 0 Å². The van der Waals surface area contributed by atoms with E-state index >= 15 is 0 Å². The van der Waals surface area contributed by atoms with Crippen LogP contribution in [0.1, 0.15) is 66.2 Å². The summed E-state index contributed by atoms with van der Waals surface area (Å²) in [5, 5.41) is 21.1. The van der Waals surface area contributed by atoms with Gasteiger partial charge >= 0.3 is 0 Å². The SMILES string of the molecule is C=C[C@]1(C)CC[C@@H]2[C@]3(C)CCC[C@](C)(CO)[C@@H]3[C@H](O)C[C@]2(C)O1. The third-order valence-corrected chi connectivity index (χ3v) is 7.65. The zero-order chi connectivity index (χ0) is 17.1. The first-order valence-corrected chi connectivity index (χ1v) is 9.25. The molecule has 0 spiro atoms. The highest BCUT2D eigenvalue weighted by molar-refractivity contribution is 5.15. The Labute approximate surface area is 141 Å². The molecule has 3 fully saturated rings. The lowest BCUT2D eigenvalue weighted by Crippen LogP contribution is -2.67. The Morgan fingerprint density at radius 3 is 2.48 bits per heavy atom. The van der Waals surface area contributed by atoms with Gasteiger partial charge in [-0.25, -0.2) is 0 Å². The van der Waals surface area contributed by atoms with E-state index in [1.165, 1.54) is 0 Å². The summed E-state index contributed by atoms with van der Waals surface area (Å²) in [5.74, 6) is 0.589. The normalized spacial score (nSPS) is 56.5. The van der Waals surface area contributed by atoms with Crippen molar-refractivity contribution < 1.29 is 14.9 Å². The molecule has 0 unspecified atom stereocenters. The van der Waals surface area contributed by atoms with E-state index in [1.54, 1.807) is 0 Å². The lowest BCUT2D eigenvalue weighted by atomic mass is 9.43. The van der Waals surface area contributed by atoms with Crippen molar-refractivity contribution in [2.24, 2.45) is 22.7 Å². The second kappa shape index (κ2) is 5.31. The van der Waals surface area contributed by atoms with Crippen LogP contribution in [0.5, 0.6) is 0 Å². The highest BCUT2D eigenvalue weighted by Crippen LogP contribution is 2.65. The fourth-order valence-corrected chi connectivity index (χ4v) is 6.73. The van der Waals surface area contributed by atoms with Gasteiger partial charge in [-0.2, -0.15) is 0 Å². The maximum Gasteiger partial charge on any atom is 0.0839 e. The van der Waals surface area contributed by atoms with Crippen molar-refractivity contribution in [3.05, 3.63) is 12.7 Å². The summed E-state index contributed by atoms with van der Waals surface area (Å²) in [6, 6.07) is 0. The minimum Gasteiger partial charge on any atom is -0.396 e. The van der Waals surface area contributed by atoms with Crippen LogP contribution in [0, 0.1) is 22.7 Å². The molecule has 1 aliphatic heterocycles. The summed E-state index contributed by atoms with van der Waals surface area (Å²) in [7, 11) is 0. The van der Waals surface area contributed by atoms with E-state index in [2.05, 4.69) is 34.3 Å². The van der Waals surface area contributed by atoms with E-state index < -0.39 is 6.10 Å². The van der Waals surface area contributed by atoms with Gasteiger partial charge in [0.2, 0.25) is 0 Å². The number of hydrogen-bond acceptors (Lipinski definition) is 3. The lowest BCUT2D eigenvalue weighted by molar-refractivity contribution is -0.281. The van der Waals surface area contributed by atoms with Crippen LogP contribution in [0.4, 0.5) is 0 Å². The minimum absolute atomic E-state index is 0.0324. The van der Waals surface area contributed by atoms with Gasteiger partial charge in [0.15, 0.2) is 0 Å². The van der Waals surface area contributed by atoms with Crippen molar-refractivity contribution in [3.63, 3.8) is 0 Å². The van der Waals surface area contributed by atoms with Gasteiger partial charge in [-0.05, 0) is 62.2 Å². The lowest BCUT2D eigenvalue weighted by Gasteiger charge is -2.66. The molecule has 3 rings (SSSR count).